The van der Waals surface area contributed by atoms with Crippen molar-refractivity contribution in [1.82, 2.24) is 0 Å². The van der Waals surface area contributed by atoms with Crippen LogP contribution in [-0.2, 0) is 0 Å². The summed E-state index contributed by atoms with van der Waals surface area (Å²) in [7, 11) is 0. The maximum Gasteiger partial charge on any atom is 0.162 e. The molecule has 3 heteroatoms. The van der Waals surface area contributed by atoms with E-state index in [0.717, 1.165) is 28.0 Å². The Bertz CT molecular complexity index is 576. The highest BCUT2D eigenvalue weighted by atomic mass is 16.5. The number of nitrogen functional groups attached to an aromatic ring is 1. The lowest BCUT2D eigenvalue weighted by atomic mass is 10.1. The van der Waals surface area contributed by atoms with Crippen molar-refractivity contribution in [3.8, 4) is 11.5 Å². The number of hydrogen-bond acceptors (Lipinski definition) is 3. The van der Waals surface area contributed by atoms with Gasteiger partial charge in [0.05, 0.1) is 12.2 Å². The first-order chi connectivity index (χ1) is 8.97. The van der Waals surface area contributed by atoms with Crippen LogP contribution < -0.4 is 15.2 Å². The van der Waals surface area contributed by atoms with Crippen LogP contribution in [0.15, 0.2) is 30.3 Å². The molecule has 2 rings (SSSR count). The Kier molecular flexibility index (Phi) is 3.84. The molecule has 0 radical (unpaired) electrons. The van der Waals surface area contributed by atoms with Crippen molar-refractivity contribution in [2.45, 2.75) is 39.9 Å². The average molecular weight is 259 g/mol. The molecule has 2 aromatic rings. The van der Waals surface area contributed by atoms with Gasteiger partial charge in [-0.2, -0.15) is 0 Å². The van der Waals surface area contributed by atoms with Crippen LogP contribution in [0.4, 0.5) is 5.69 Å². The fourth-order valence-electron chi connectivity index (χ4n) is 2.00. The number of nitrogens with two attached hydrogens (primary N) is 1. The summed E-state index contributed by atoms with van der Waals surface area (Å²) in [6.45, 7) is 8.00. The first kappa shape index (κ1) is 13.5. The molecule has 0 spiro atoms. The molecule has 0 aromatic heterocycles. The van der Waals surface area contributed by atoms with E-state index >= 15 is 0 Å². The number of hydrogen-bond donors (Lipinski definition) is 1. The van der Waals surface area contributed by atoms with Crippen molar-refractivity contribution < 1.29 is 9.47 Å². The fraction of sp³-hybridized carbons (Fsp3) is 0.375. The molecule has 0 aliphatic carbocycles. The summed E-state index contributed by atoms with van der Waals surface area (Å²) < 4.78 is 11.7. The van der Waals surface area contributed by atoms with E-state index in [2.05, 4.69) is 0 Å². The largest absolute Gasteiger partial charge is 0.487 e. The third-order valence-corrected chi connectivity index (χ3v) is 2.70. The van der Waals surface area contributed by atoms with E-state index in [9.17, 15) is 0 Å². The lowest BCUT2D eigenvalue weighted by molar-refractivity contribution is 0.199. The molecule has 0 atom stereocenters. The molecular weight excluding hydrogens is 238 g/mol. The SMILES string of the molecule is CC(C)Oc1cc2cccc(N)c2cc1OC(C)C. The van der Waals surface area contributed by atoms with Crippen LogP contribution in [0.25, 0.3) is 10.8 Å². The van der Waals surface area contributed by atoms with Gasteiger partial charge < -0.3 is 15.2 Å². The number of anilines is 1. The molecule has 0 aliphatic rings. The summed E-state index contributed by atoms with van der Waals surface area (Å²) in [4.78, 5) is 0. The molecule has 0 amide bonds. The van der Waals surface area contributed by atoms with Crippen molar-refractivity contribution in [1.29, 1.82) is 0 Å². The maximum atomic E-state index is 6.01. The van der Waals surface area contributed by atoms with Gasteiger partial charge >= 0.3 is 0 Å². The van der Waals surface area contributed by atoms with Gasteiger partial charge in [-0.15, -0.1) is 0 Å². The normalized spacial score (nSPS) is 11.3. The fourth-order valence-corrected chi connectivity index (χ4v) is 2.00. The third-order valence-electron chi connectivity index (χ3n) is 2.70. The number of ether oxygens (including phenoxy) is 2. The van der Waals surface area contributed by atoms with Crippen molar-refractivity contribution in [3.63, 3.8) is 0 Å². The highest BCUT2D eigenvalue weighted by molar-refractivity contribution is 5.95. The Balaban J connectivity index is 2.56. The minimum Gasteiger partial charge on any atom is -0.487 e. The van der Waals surface area contributed by atoms with Crippen LogP contribution >= 0.6 is 0 Å². The summed E-state index contributed by atoms with van der Waals surface area (Å²) in [5.74, 6) is 1.51. The quantitative estimate of drug-likeness (QED) is 0.844. The number of benzene rings is 2. The molecule has 2 aromatic carbocycles. The van der Waals surface area contributed by atoms with Crippen LogP contribution in [0.1, 0.15) is 27.7 Å². The summed E-state index contributed by atoms with van der Waals surface area (Å²) in [6.07, 6.45) is 0.199. The standard InChI is InChI=1S/C16H21NO2/c1-10(2)18-15-8-12-6-5-7-14(17)13(12)9-16(15)19-11(3)4/h5-11H,17H2,1-4H3. The molecule has 2 N–H and O–H groups in total. The predicted octanol–water partition coefficient (Wildman–Crippen LogP) is 4.00. The van der Waals surface area contributed by atoms with E-state index in [4.69, 9.17) is 15.2 Å². The lowest BCUT2D eigenvalue weighted by Gasteiger charge is -2.18. The third kappa shape index (κ3) is 3.11. The van der Waals surface area contributed by atoms with E-state index in [1.165, 1.54) is 0 Å². The molecule has 102 valence electrons. The van der Waals surface area contributed by atoms with Gasteiger partial charge in [0.15, 0.2) is 11.5 Å². The van der Waals surface area contributed by atoms with Gasteiger partial charge in [0.1, 0.15) is 0 Å². The van der Waals surface area contributed by atoms with E-state index in [1.54, 1.807) is 0 Å². The van der Waals surface area contributed by atoms with Crippen LogP contribution in [0.5, 0.6) is 11.5 Å². The molecule has 0 unspecified atom stereocenters. The molecule has 0 fully saturated rings. The second-order valence-corrected chi connectivity index (χ2v) is 5.20. The van der Waals surface area contributed by atoms with Crippen molar-refractivity contribution in [3.05, 3.63) is 30.3 Å². The lowest BCUT2D eigenvalue weighted by Crippen LogP contribution is -2.10. The van der Waals surface area contributed by atoms with E-state index < -0.39 is 0 Å². The van der Waals surface area contributed by atoms with Gasteiger partial charge in [-0.1, -0.05) is 12.1 Å². The van der Waals surface area contributed by atoms with Crippen molar-refractivity contribution in [2.75, 3.05) is 5.73 Å². The van der Waals surface area contributed by atoms with E-state index in [0.29, 0.717) is 0 Å². The average Bonchev–Trinajstić information content (AvgIpc) is 2.29. The Labute approximate surface area is 114 Å². The maximum absolute atomic E-state index is 6.01. The van der Waals surface area contributed by atoms with Gasteiger partial charge in [0.2, 0.25) is 0 Å². The van der Waals surface area contributed by atoms with Crippen LogP contribution in [0.2, 0.25) is 0 Å². The summed E-state index contributed by atoms with van der Waals surface area (Å²) in [5, 5.41) is 2.06. The molecule has 19 heavy (non-hydrogen) atoms. The molecule has 0 saturated carbocycles. The first-order valence-corrected chi connectivity index (χ1v) is 6.63. The highest BCUT2D eigenvalue weighted by Crippen LogP contribution is 2.36. The molecule has 0 aliphatic heterocycles. The summed E-state index contributed by atoms with van der Waals surface area (Å²) in [5.41, 5.74) is 6.76. The molecule has 0 heterocycles. The zero-order valence-electron chi connectivity index (χ0n) is 11.9. The Morgan fingerprint density at radius 1 is 0.895 bits per heavy atom. The van der Waals surface area contributed by atoms with Gasteiger partial charge in [-0.3, -0.25) is 0 Å². The molecule has 0 saturated heterocycles. The zero-order chi connectivity index (χ0) is 14.0. The summed E-state index contributed by atoms with van der Waals surface area (Å²) >= 11 is 0. The van der Waals surface area contributed by atoms with E-state index in [-0.39, 0.29) is 12.2 Å². The van der Waals surface area contributed by atoms with Crippen LogP contribution in [0, 0.1) is 0 Å². The molecule has 0 bridgehead atoms. The Hall–Kier alpha value is -1.90. The topological polar surface area (TPSA) is 44.5 Å². The minimum absolute atomic E-state index is 0.0944. The molecule has 3 nitrogen and oxygen atoms in total. The first-order valence-electron chi connectivity index (χ1n) is 6.63. The zero-order valence-corrected chi connectivity index (χ0v) is 11.9. The number of rotatable bonds is 4. The van der Waals surface area contributed by atoms with Gasteiger partial charge in [-0.05, 0) is 51.3 Å². The van der Waals surface area contributed by atoms with Gasteiger partial charge in [0.25, 0.3) is 0 Å². The summed E-state index contributed by atoms with van der Waals surface area (Å²) in [6, 6.07) is 9.81. The highest BCUT2D eigenvalue weighted by Gasteiger charge is 2.12. The minimum atomic E-state index is 0.0944. The Morgan fingerprint density at radius 3 is 2.05 bits per heavy atom. The van der Waals surface area contributed by atoms with Crippen LogP contribution in [-0.4, -0.2) is 12.2 Å². The Morgan fingerprint density at radius 2 is 1.47 bits per heavy atom. The monoisotopic (exact) mass is 259 g/mol. The van der Waals surface area contributed by atoms with Crippen molar-refractivity contribution in [2.24, 2.45) is 0 Å². The smallest absolute Gasteiger partial charge is 0.162 e. The van der Waals surface area contributed by atoms with Gasteiger partial charge in [-0.25, -0.2) is 0 Å². The number of fused-ring (bicyclic) bond motifs is 1. The van der Waals surface area contributed by atoms with E-state index in [1.807, 2.05) is 58.0 Å². The van der Waals surface area contributed by atoms with Gasteiger partial charge in [0, 0.05) is 11.1 Å². The van der Waals surface area contributed by atoms with Crippen molar-refractivity contribution >= 4 is 16.5 Å². The second-order valence-electron chi connectivity index (χ2n) is 5.20. The second kappa shape index (κ2) is 5.39. The predicted molar refractivity (Wildman–Crippen MR) is 79.9 cm³/mol. The molecular formula is C16H21NO2. The van der Waals surface area contributed by atoms with Crippen LogP contribution in [0.3, 0.4) is 0 Å².